The number of aliphatic hydroxyl groups excluding tert-OH is 1. The fourth-order valence-corrected chi connectivity index (χ4v) is 2.56. The highest BCUT2D eigenvalue weighted by Crippen LogP contribution is 2.48. The van der Waals surface area contributed by atoms with Crippen LogP contribution in [-0.4, -0.2) is 28.2 Å². The van der Waals surface area contributed by atoms with Crippen molar-refractivity contribution in [2.24, 2.45) is 5.41 Å². The Morgan fingerprint density at radius 2 is 2.05 bits per heavy atom. The van der Waals surface area contributed by atoms with E-state index in [4.69, 9.17) is 16.7 Å². The van der Waals surface area contributed by atoms with Gasteiger partial charge in [-0.1, -0.05) is 12.1 Å². The van der Waals surface area contributed by atoms with Gasteiger partial charge in [-0.25, -0.2) is 9.97 Å². The summed E-state index contributed by atoms with van der Waals surface area (Å²) < 4.78 is 0. The molecule has 100 valence electrons. The summed E-state index contributed by atoms with van der Waals surface area (Å²) in [6.45, 7) is 1.07. The van der Waals surface area contributed by atoms with Crippen molar-refractivity contribution < 1.29 is 5.11 Å². The average molecular weight is 278 g/mol. The number of nitrogens with zero attached hydrogens (tertiary/aromatic N) is 2. The lowest BCUT2D eigenvalue weighted by Gasteiger charge is -2.16. The second-order valence-corrected chi connectivity index (χ2v) is 5.52. The lowest BCUT2D eigenvalue weighted by molar-refractivity contribution is 0.253. The van der Waals surface area contributed by atoms with E-state index in [1.807, 2.05) is 24.3 Å². The Kier molecular flexibility index (Phi) is 3.29. The molecule has 0 aliphatic heterocycles. The van der Waals surface area contributed by atoms with Crippen LogP contribution in [0.3, 0.4) is 0 Å². The first-order valence-corrected chi connectivity index (χ1v) is 6.87. The number of aliphatic hydroxyl groups is 1. The molecule has 0 unspecified atom stereocenters. The van der Waals surface area contributed by atoms with Crippen molar-refractivity contribution in [3.8, 4) is 0 Å². The van der Waals surface area contributed by atoms with Crippen molar-refractivity contribution >= 4 is 28.3 Å². The Labute approximate surface area is 116 Å². The number of benzene rings is 1. The Morgan fingerprint density at radius 3 is 2.79 bits per heavy atom. The summed E-state index contributed by atoms with van der Waals surface area (Å²) in [5, 5.41) is 13.7. The van der Waals surface area contributed by atoms with E-state index >= 15 is 0 Å². The number of anilines is 1. The molecule has 1 heterocycles. The number of para-hydroxylation sites is 1. The lowest BCUT2D eigenvalue weighted by Crippen LogP contribution is -2.17. The van der Waals surface area contributed by atoms with Crippen LogP contribution < -0.4 is 5.32 Å². The number of aromatic nitrogens is 2. The van der Waals surface area contributed by atoms with Crippen LogP contribution in [-0.2, 0) is 0 Å². The van der Waals surface area contributed by atoms with E-state index < -0.39 is 0 Å². The maximum Gasteiger partial charge on any atom is 0.224 e. The molecule has 1 saturated carbocycles. The Bertz CT molecular complexity index is 598. The van der Waals surface area contributed by atoms with Gasteiger partial charge in [-0.3, -0.25) is 0 Å². The molecular weight excluding hydrogens is 262 g/mol. The van der Waals surface area contributed by atoms with Gasteiger partial charge in [0.25, 0.3) is 0 Å². The molecule has 1 aliphatic rings. The van der Waals surface area contributed by atoms with Gasteiger partial charge in [-0.2, -0.15) is 0 Å². The van der Waals surface area contributed by atoms with Crippen LogP contribution in [0.25, 0.3) is 10.9 Å². The topological polar surface area (TPSA) is 58.0 Å². The van der Waals surface area contributed by atoms with Crippen molar-refractivity contribution in [2.75, 3.05) is 18.5 Å². The molecular formula is C14H16ClN3O. The molecule has 1 aromatic carbocycles. The minimum absolute atomic E-state index is 0.243. The van der Waals surface area contributed by atoms with E-state index in [1.165, 1.54) is 0 Å². The molecule has 1 aliphatic carbocycles. The van der Waals surface area contributed by atoms with Crippen molar-refractivity contribution in [3.63, 3.8) is 0 Å². The molecule has 1 fully saturated rings. The first kappa shape index (κ1) is 12.6. The highest BCUT2D eigenvalue weighted by atomic mass is 35.5. The molecule has 19 heavy (non-hydrogen) atoms. The number of hydrogen-bond donors (Lipinski definition) is 2. The minimum Gasteiger partial charge on any atom is -0.396 e. The highest BCUT2D eigenvalue weighted by molar-refractivity contribution is 6.28. The van der Waals surface area contributed by atoms with Gasteiger partial charge in [0.2, 0.25) is 5.28 Å². The fourth-order valence-electron chi connectivity index (χ4n) is 2.38. The predicted octanol–water partition coefficient (Wildman–Crippen LogP) is 2.86. The molecule has 0 amide bonds. The maximum atomic E-state index is 9.08. The van der Waals surface area contributed by atoms with E-state index in [-0.39, 0.29) is 17.3 Å². The molecule has 1 aromatic heterocycles. The van der Waals surface area contributed by atoms with Crippen LogP contribution in [0.5, 0.6) is 0 Å². The standard InChI is InChI=1S/C14H16ClN3O/c15-13-17-11-4-2-1-3-10(11)12(18-13)16-9-14(5-6-14)7-8-19/h1-4,19H,5-9H2,(H,16,17,18). The molecule has 3 rings (SSSR count). The zero-order valence-electron chi connectivity index (χ0n) is 10.6. The zero-order valence-corrected chi connectivity index (χ0v) is 11.3. The smallest absolute Gasteiger partial charge is 0.224 e. The maximum absolute atomic E-state index is 9.08. The summed E-state index contributed by atoms with van der Waals surface area (Å²) in [4.78, 5) is 8.48. The van der Waals surface area contributed by atoms with Crippen molar-refractivity contribution in [1.82, 2.24) is 9.97 Å². The van der Waals surface area contributed by atoms with Crippen molar-refractivity contribution in [3.05, 3.63) is 29.5 Å². The molecule has 0 atom stereocenters. The fraction of sp³-hybridized carbons (Fsp3) is 0.429. The SMILES string of the molecule is OCCC1(CNc2nc(Cl)nc3ccccc23)CC1. The van der Waals surface area contributed by atoms with Crippen LogP contribution in [0.4, 0.5) is 5.82 Å². The van der Waals surface area contributed by atoms with Gasteiger partial charge in [0, 0.05) is 18.5 Å². The third kappa shape index (κ3) is 2.65. The van der Waals surface area contributed by atoms with Crippen molar-refractivity contribution in [1.29, 1.82) is 0 Å². The monoisotopic (exact) mass is 277 g/mol. The van der Waals surface area contributed by atoms with Crippen LogP contribution in [0.2, 0.25) is 5.28 Å². The number of hydrogen-bond acceptors (Lipinski definition) is 4. The van der Waals surface area contributed by atoms with Gasteiger partial charge in [-0.15, -0.1) is 0 Å². The lowest BCUT2D eigenvalue weighted by atomic mass is 10.0. The summed E-state index contributed by atoms with van der Waals surface area (Å²) in [5.74, 6) is 0.778. The van der Waals surface area contributed by atoms with Crippen LogP contribution in [0.15, 0.2) is 24.3 Å². The number of fused-ring (bicyclic) bond motifs is 1. The van der Waals surface area contributed by atoms with E-state index in [0.717, 1.165) is 42.5 Å². The van der Waals surface area contributed by atoms with Gasteiger partial charge in [-0.05, 0) is 48.4 Å². The van der Waals surface area contributed by atoms with Crippen LogP contribution in [0.1, 0.15) is 19.3 Å². The van der Waals surface area contributed by atoms with Gasteiger partial charge in [0.05, 0.1) is 5.52 Å². The Morgan fingerprint density at radius 1 is 1.26 bits per heavy atom. The number of halogens is 1. The van der Waals surface area contributed by atoms with Gasteiger partial charge >= 0.3 is 0 Å². The van der Waals surface area contributed by atoms with Crippen LogP contribution >= 0.6 is 11.6 Å². The van der Waals surface area contributed by atoms with E-state index in [0.29, 0.717) is 0 Å². The van der Waals surface area contributed by atoms with Gasteiger partial charge < -0.3 is 10.4 Å². The largest absolute Gasteiger partial charge is 0.396 e. The van der Waals surface area contributed by atoms with Crippen LogP contribution in [0, 0.1) is 5.41 Å². The molecule has 0 bridgehead atoms. The molecule has 2 N–H and O–H groups in total. The molecule has 0 spiro atoms. The van der Waals surface area contributed by atoms with Crippen molar-refractivity contribution in [2.45, 2.75) is 19.3 Å². The third-order valence-electron chi connectivity index (χ3n) is 3.81. The summed E-state index contributed by atoms with van der Waals surface area (Å²) in [6, 6.07) is 7.81. The van der Waals surface area contributed by atoms with E-state index in [2.05, 4.69) is 15.3 Å². The summed E-state index contributed by atoms with van der Waals surface area (Å²) in [5.41, 5.74) is 1.09. The molecule has 0 saturated heterocycles. The molecule has 5 heteroatoms. The number of nitrogens with one attached hydrogen (secondary N) is 1. The molecule has 2 aromatic rings. The summed E-state index contributed by atoms with van der Waals surface area (Å²) >= 11 is 5.95. The molecule has 4 nitrogen and oxygen atoms in total. The minimum atomic E-state index is 0.243. The molecule has 0 radical (unpaired) electrons. The first-order valence-electron chi connectivity index (χ1n) is 6.49. The second-order valence-electron chi connectivity index (χ2n) is 5.19. The zero-order chi connectivity index (χ0) is 13.3. The summed E-state index contributed by atoms with van der Waals surface area (Å²) in [6.07, 6.45) is 3.17. The highest BCUT2D eigenvalue weighted by Gasteiger charge is 2.41. The van der Waals surface area contributed by atoms with Gasteiger partial charge in [0.15, 0.2) is 0 Å². The van der Waals surface area contributed by atoms with E-state index in [9.17, 15) is 0 Å². The Balaban J connectivity index is 1.84. The quantitative estimate of drug-likeness (QED) is 0.825. The summed E-state index contributed by atoms with van der Waals surface area (Å²) in [7, 11) is 0. The Hall–Kier alpha value is -1.39. The second kappa shape index (κ2) is 4.94. The third-order valence-corrected chi connectivity index (χ3v) is 3.98. The van der Waals surface area contributed by atoms with Gasteiger partial charge in [0.1, 0.15) is 5.82 Å². The predicted molar refractivity (Wildman–Crippen MR) is 76.4 cm³/mol. The first-order chi connectivity index (χ1) is 9.22. The van der Waals surface area contributed by atoms with E-state index in [1.54, 1.807) is 0 Å². The average Bonchev–Trinajstić information content (AvgIpc) is 3.16. The number of rotatable bonds is 5. The normalized spacial score (nSPS) is 16.5.